The van der Waals surface area contributed by atoms with Crippen molar-refractivity contribution in [1.82, 2.24) is 29.9 Å². The summed E-state index contributed by atoms with van der Waals surface area (Å²) in [5.74, 6) is 3.41. The Bertz CT molecular complexity index is 3160. The number of aromatic nitrogens is 6. The molecule has 0 spiro atoms. The summed E-state index contributed by atoms with van der Waals surface area (Å²) in [5, 5.41) is 9.84. The molecule has 7 nitrogen and oxygen atoms in total. The van der Waals surface area contributed by atoms with Gasteiger partial charge in [-0.25, -0.2) is 29.9 Å². The minimum Gasteiger partial charge on any atom is -0.208 e. The van der Waals surface area contributed by atoms with Crippen molar-refractivity contribution in [1.29, 1.82) is 5.26 Å². The summed E-state index contributed by atoms with van der Waals surface area (Å²) in [5.41, 5.74) is 11.7. The number of hydrogen-bond donors (Lipinski definition) is 0. The molecule has 0 aliphatic rings. The lowest BCUT2D eigenvalue weighted by atomic mass is 9.93. The third kappa shape index (κ3) is 7.75. The fourth-order valence-electron chi connectivity index (χ4n) is 7.52. The van der Waals surface area contributed by atoms with Gasteiger partial charge in [-0.2, -0.15) is 5.26 Å². The lowest BCUT2D eigenvalue weighted by molar-refractivity contribution is 1.07. The second kappa shape index (κ2) is 16.9. The molecule has 62 heavy (non-hydrogen) atoms. The second-order valence-electron chi connectivity index (χ2n) is 14.7. The molecule has 0 amide bonds. The van der Waals surface area contributed by atoms with Crippen molar-refractivity contribution in [3.63, 3.8) is 0 Å². The normalized spacial score (nSPS) is 10.9. The summed E-state index contributed by atoms with van der Waals surface area (Å²) < 4.78 is 0. The maximum atomic E-state index is 9.84. The highest BCUT2D eigenvalue weighted by Gasteiger charge is 2.18. The minimum absolute atomic E-state index is 0.533. The fraction of sp³-hybridized carbons (Fsp3) is 0. The predicted molar refractivity (Wildman–Crippen MR) is 247 cm³/mol. The fourth-order valence-corrected chi connectivity index (χ4v) is 7.52. The van der Waals surface area contributed by atoms with E-state index in [1.54, 1.807) is 0 Å². The molecule has 8 aromatic carbocycles. The van der Waals surface area contributed by atoms with E-state index in [1.165, 1.54) is 0 Å². The van der Waals surface area contributed by atoms with Crippen LogP contribution in [0.15, 0.2) is 212 Å². The number of rotatable bonds is 9. The van der Waals surface area contributed by atoms with Gasteiger partial charge >= 0.3 is 0 Å². The van der Waals surface area contributed by atoms with Crippen molar-refractivity contribution in [3.8, 4) is 108 Å². The molecule has 0 aliphatic heterocycles. The van der Waals surface area contributed by atoms with E-state index >= 15 is 0 Å². The van der Waals surface area contributed by atoms with E-state index in [0.717, 1.165) is 66.8 Å². The smallest absolute Gasteiger partial charge is 0.164 e. The van der Waals surface area contributed by atoms with Crippen molar-refractivity contribution in [2.24, 2.45) is 0 Å². The van der Waals surface area contributed by atoms with Crippen molar-refractivity contribution in [3.05, 3.63) is 218 Å². The van der Waals surface area contributed by atoms with Crippen molar-refractivity contribution in [2.75, 3.05) is 0 Å². The van der Waals surface area contributed by atoms with Crippen LogP contribution >= 0.6 is 0 Å². The molecule has 0 N–H and O–H groups in total. The van der Waals surface area contributed by atoms with Crippen LogP contribution in [-0.4, -0.2) is 29.9 Å². The molecule has 2 aromatic heterocycles. The van der Waals surface area contributed by atoms with Gasteiger partial charge in [0.1, 0.15) is 0 Å². The Morgan fingerprint density at radius 3 is 1.16 bits per heavy atom. The average Bonchev–Trinajstić information content (AvgIpc) is 3.37. The third-order valence-corrected chi connectivity index (χ3v) is 10.7. The summed E-state index contributed by atoms with van der Waals surface area (Å²) in [7, 11) is 0. The Morgan fingerprint density at radius 2 is 0.629 bits per heavy atom. The van der Waals surface area contributed by atoms with E-state index in [-0.39, 0.29) is 0 Å². The van der Waals surface area contributed by atoms with Crippen LogP contribution in [0.3, 0.4) is 0 Å². The van der Waals surface area contributed by atoms with Crippen LogP contribution in [-0.2, 0) is 0 Å². The van der Waals surface area contributed by atoms with Gasteiger partial charge in [0.2, 0.25) is 0 Å². The molecule has 0 saturated heterocycles. The Labute approximate surface area is 359 Å². The third-order valence-electron chi connectivity index (χ3n) is 10.7. The number of benzene rings is 8. The van der Waals surface area contributed by atoms with Crippen LogP contribution in [0.5, 0.6) is 0 Å². The highest BCUT2D eigenvalue weighted by Crippen LogP contribution is 2.37. The number of hydrogen-bond acceptors (Lipinski definition) is 7. The molecular formula is C55H35N7. The Balaban J connectivity index is 1.10. The average molecular weight is 794 g/mol. The van der Waals surface area contributed by atoms with Gasteiger partial charge in [-0.3, -0.25) is 0 Å². The highest BCUT2D eigenvalue weighted by atomic mass is 15.0. The molecule has 0 fully saturated rings. The highest BCUT2D eigenvalue weighted by molar-refractivity contribution is 5.86. The van der Waals surface area contributed by atoms with Gasteiger partial charge < -0.3 is 0 Å². The second-order valence-corrected chi connectivity index (χ2v) is 14.7. The van der Waals surface area contributed by atoms with Gasteiger partial charge in [-0.1, -0.05) is 188 Å². The van der Waals surface area contributed by atoms with Gasteiger partial charge in [0.15, 0.2) is 34.9 Å². The molecule has 0 atom stereocenters. The maximum Gasteiger partial charge on any atom is 0.164 e. The van der Waals surface area contributed by atoms with Gasteiger partial charge in [0.05, 0.1) is 11.6 Å². The Hall–Kier alpha value is -8.73. The number of nitrogens with zero attached hydrogens (tertiary/aromatic N) is 7. The van der Waals surface area contributed by atoms with Gasteiger partial charge in [-0.15, -0.1) is 0 Å². The standard InChI is InChI=1S/C55H35N7/c56-36-46-24-13-14-27-47(46)44-25-15-26-45(34-44)54-59-50(39-18-7-2-8-19-39)57-53(60-54)42-30-28-38(29-31-42)49-35-43(37-16-5-1-6-17-37)32-33-48(49)55-61-51(40-20-9-3-10-21-40)58-52(62-55)41-22-11-4-12-23-41/h1-35H. The zero-order valence-electron chi connectivity index (χ0n) is 33.3. The molecule has 290 valence electrons. The van der Waals surface area contributed by atoms with E-state index in [4.69, 9.17) is 29.9 Å². The van der Waals surface area contributed by atoms with E-state index in [9.17, 15) is 5.26 Å². The number of nitriles is 1. The Morgan fingerprint density at radius 1 is 0.242 bits per heavy atom. The molecule has 10 rings (SSSR count). The first-order valence-electron chi connectivity index (χ1n) is 20.3. The maximum absolute atomic E-state index is 9.84. The molecule has 0 saturated carbocycles. The summed E-state index contributed by atoms with van der Waals surface area (Å²) in [6.45, 7) is 0. The van der Waals surface area contributed by atoms with Crippen molar-refractivity contribution < 1.29 is 0 Å². The first kappa shape index (κ1) is 37.5. The van der Waals surface area contributed by atoms with E-state index in [0.29, 0.717) is 40.5 Å². The first-order valence-corrected chi connectivity index (χ1v) is 20.3. The van der Waals surface area contributed by atoms with Crippen LogP contribution in [0.1, 0.15) is 5.56 Å². The lowest BCUT2D eigenvalue weighted by Crippen LogP contribution is -2.01. The summed E-state index contributed by atoms with van der Waals surface area (Å²) in [4.78, 5) is 30.2. The van der Waals surface area contributed by atoms with Gasteiger partial charge in [0, 0.05) is 33.4 Å². The topological polar surface area (TPSA) is 101 Å². The van der Waals surface area contributed by atoms with Gasteiger partial charge in [0.25, 0.3) is 0 Å². The van der Waals surface area contributed by atoms with Crippen LogP contribution in [0.4, 0.5) is 0 Å². The molecule has 0 unspecified atom stereocenters. The summed E-state index contributed by atoms with van der Waals surface area (Å²) >= 11 is 0. The van der Waals surface area contributed by atoms with Crippen LogP contribution in [0.2, 0.25) is 0 Å². The van der Waals surface area contributed by atoms with Crippen LogP contribution < -0.4 is 0 Å². The van der Waals surface area contributed by atoms with Crippen LogP contribution in [0.25, 0.3) is 102 Å². The quantitative estimate of drug-likeness (QED) is 0.143. The minimum atomic E-state index is 0.533. The van der Waals surface area contributed by atoms with Crippen molar-refractivity contribution >= 4 is 0 Å². The molecule has 7 heteroatoms. The summed E-state index contributed by atoms with van der Waals surface area (Å²) in [6.07, 6.45) is 0. The monoisotopic (exact) mass is 793 g/mol. The molecule has 2 heterocycles. The molecular weight excluding hydrogens is 759 g/mol. The predicted octanol–water partition coefficient (Wildman–Crippen LogP) is 12.9. The summed E-state index contributed by atoms with van der Waals surface area (Å²) in [6, 6.07) is 73.0. The zero-order valence-corrected chi connectivity index (χ0v) is 33.3. The molecule has 10 aromatic rings. The van der Waals surface area contributed by atoms with Gasteiger partial charge in [-0.05, 0) is 57.6 Å². The van der Waals surface area contributed by atoms with E-state index < -0.39 is 0 Å². The van der Waals surface area contributed by atoms with Crippen LogP contribution in [0, 0.1) is 11.3 Å². The molecule has 0 radical (unpaired) electrons. The molecule has 0 bridgehead atoms. The molecule has 0 aliphatic carbocycles. The van der Waals surface area contributed by atoms with E-state index in [2.05, 4.69) is 72.8 Å². The van der Waals surface area contributed by atoms with Crippen molar-refractivity contribution in [2.45, 2.75) is 0 Å². The first-order chi connectivity index (χ1) is 30.7. The SMILES string of the molecule is N#Cc1ccccc1-c1cccc(-c2nc(-c3ccccc3)nc(-c3ccc(-c4cc(-c5ccccc5)ccc4-c4nc(-c5ccccc5)nc(-c5ccccc5)n4)cc3)n2)c1. The lowest BCUT2D eigenvalue weighted by Gasteiger charge is -2.14. The zero-order chi connectivity index (χ0) is 41.7. The largest absolute Gasteiger partial charge is 0.208 e. The van der Waals surface area contributed by atoms with E-state index in [1.807, 2.05) is 146 Å². The Kier molecular flexibility index (Phi) is 10.2.